The first-order valence-corrected chi connectivity index (χ1v) is 8.55. The van der Waals surface area contributed by atoms with E-state index < -0.39 is 0 Å². The molecule has 1 N–H and O–H groups in total. The number of piperazine rings is 1. The highest BCUT2D eigenvalue weighted by Gasteiger charge is 2.17. The number of aliphatic imine (C=N–C) groups is 1. The van der Waals surface area contributed by atoms with Crippen molar-refractivity contribution in [3.8, 4) is 0 Å². The van der Waals surface area contributed by atoms with Crippen LogP contribution in [0.2, 0.25) is 0 Å². The number of unbranched alkanes of at least 4 members (excludes halogenated alkanes) is 1. The van der Waals surface area contributed by atoms with E-state index in [-0.39, 0.29) is 5.91 Å². The summed E-state index contributed by atoms with van der Waals surface area (Å²) in [5, 5.41) is 3.36. The highest BCUT2D eigenvalue weighted by atomic mass is 16.2. The molecule has 0 unspecified atom stereocenters. The predicted octanol–water partition coefficient (Wildman–Crippen LogP) is 0.848. The summed E-state index contributed by atoms with van der Waals surface area (Å²) in [7, 11) is 2.10. The third kappa shape index (κ3) is 6.64. The molecule has 0 spiro atoms. The lowest BCUT2D eigenvalue weighted by Crippen LogP contribution is -2.48. The van der Waals surface area contributed by atoms with Gasteiger partial charge in [-0.15, -0.1) is 0 Å². The number of rotatable bonds is 7. The van der Waals surface area contributed by atoms with E-state index in [0.29, 0.717) is 0 Å². The monoisotopic (exact) mass is 311 g/mol. The van der Waals surface area contributed by atoms with Gasteiger partial charge in [0.2, 0.25) is 5.91 Å². The van der Waals surface area contributed by atoms with Crippen molar-refractivity contribution in [1.82, 2.24) is 20.0 Å². The summed E-state index contributed by atoms with van der Waals surface area (Å²) in [5.41, 5.74) is 0. The second kappa shape index (κ2) is 10.4. The molecule has 1 aliphatic heterocycles. The largest absolute Gasteiger partial charge is 0.357 e. The number of hydrogen-bond donors (Lipinski definition) is 1. The van der Waals surface area contributed by atoms with Crippen molar-refractivity contribution in [1.29, 1.82) is 0 Å². The fourth-order valence-corrected chi connectivity index (χ4v) is 2.55. The molecule has 6 nitrogen and oxygen atoms in total. The molecule has 22 heavy (non-hydrogen) atoms. The van der Waals surface area contributed by atoms with Crippen LogP contribution in [0, 0.1) is 0 Å². The van der Waals surface area contributed by atoms with E-state index in [2.05, 4.69) is 36.0 Å². The normalized spacial score (nSPS) is 16.7. The Hall–Kier alpha value is -1.30. The van der Waals surface area contributed by atoms with E-state index in [1.807, 2.05) is 4.90 Å². The maximum absolute atomic E-state index is 11.3. The van der Waals surface area contributed by atoms with Gasteiger partial charge in [0.1, 0.15) is 0 Å². The van der Waals surface area contributed by atoms with Crippen molar-refractivity contribution in [2.45, 2.75) is 33.6 Å². The zero-order valence-corrected chi connectivity index (χ0v) is 14.8. The van der Waals surface area contributed by atoms with Gasteiger partial charge in [0.05, 0.1) is 6.54 Å². The van der Waals surface area contributed by atoms with Crippen LogP contribution in [0.5, 0.6) is 0 Å². The number of carbonyl (C=O) groups excluding carboxylic acids is 1. The summed E-state index contributed by atoms with van der Waals surface area (Å²) >= 11 is 0. The summed E-state index contributed by atoms with van der Waals surface area (Å²) < 4.78 is 0. The smallest absolute Gasteiger partial charge is 0.219 e. The average Bonchev–Trinajstić information content (AvgIpc) is 2.52. The number of carbonyl (C=O) groups is 1. The third-order valence-electron chi connectivity index (χ3n) is 4.04. The summed E-state index contributed by atoms with van der Waals surface area (Å²) in [6.45, 7) is 13.3. The van der Waals surface area contributed by atoms with Crippen LogP contribution in [0.1, 0.15) is 33.6 Å². The quantitative estimate of drug-likeness (QED) is 0.559. The van der Waals surface area contributed by atoms with Crippen molar-refractivity contribution >= 4 is 11.9 Å². The van der Waals surface area contributed by atoms with Gasteiger partial charge in [0, 0.05) is 59.8 Å². The molecule has 0 aromatic heterocycles. The zero-order chi connectivity index (χ0) is 16.4. The molecule has 0 aromatic rings. The minimum absolute atomic E-state index is 0.185. The van der Waals surface area contributed by atoms with E-state index in [9.17, 15) is 4.79 Å². The fraction of sp³-hybridized carbons (Fsp3) is 0.875. The molecule has 1 amide bonds. The minimum Gasteiger partial charge on any atom is -0.357 e. The molecule has 6 heteroatoms. The first-order chi connectivity index (χ1) is 10.6. The molecule has 0 saturated carbocycles. The molecular weight excluding hydrogens is 278 g/mol. The van der Waals surface area contributed by atoms with Gasteiger partial charge in [0.25, 0.3) is 0 Å². The molecule has 0 radical (unpaired) electrons. The lowest BCUT2D eigenvalue weighted by molar-refractivity contribution is -0.130. The molecule has 1 saturated heterocycles. The lowest BCUT2D eigenvalue weighted by atomic mass is 10.3. The van der Waals surface area contributed by atoms with Gasteiger partial charge in [0.15, 0.2) is 5.96 Å². The number of nitrogens with one attached hydrogen (secondary N) is 1. The van der Waals surface area contributed by atoms with E-state index >= 15 is 0 Å². The third-order valence-corrected chi connectivity index (χ3v) is 4.04. The van der Waals surface area contributed by atoms with Crippen LogP contribution in [0.25, 0.3) is 0 Å². The Morgan fingerprint density at radius 1 is 1.23 bits per heavy atom. The summed E-state index contributed by atoms with van der Waals surface area (Å²) in [4.78, 5) is 22.6. The Morgan fingerprint density at radius 2 is 1.91 bits per heavy atom. The highest BCUT2D eigenvalue weighted by Crippen LogP contribution is 2.01. The van der Waals surface area contributed by atoms with Crippen molar-refractivity contribution in [3.63, 3.8) is 0 Å². The molecule has 1 aliphatic rings. The summed E-state index contributed by atoms with van der Waals surface area (Å²) in [6, 6.07) is 0. The Labute approximate surface area is 135 Å². The number of hydrogen-bond acceptors (Lipinski definition) is 3. The van der Waals surface area contributed by atoms with Crippen molar-refractivity contribution in [2.24, 2.45) is 4.99 Å². The Balaban J connectivity index is 2.36. The molecule has 0 aliphatic carbocycles. The van der Waals surface area contributed by atoms with Gasteiger partial charge >= 0.3 is 0 Å². The predicted molar refractivity (Wildman–Crippen MR) is 92.2 cm³/mol. The van der Waals surface area contributed by atoms with Gasteiger partial charge in [-0.05, 0) is 13.3 Å². The molecule has 1 fully saturated rings. The van der Waals surface area contributed by atoms with Gasteiger partial charge in [-0.25, -0.2) is 0 Å². The van der Waals surface area contributed by atoms with E-state index in [4.69, 9.17) is 4.99 Å². The Bertz CT molecular complexity index is 350. The van der Waals surface area contributed by atoms with Crippen LogP contribution >= 0.6 is 0 Å². The molecule has 0 aromatic carbocycles. The molecule has 0 atom stereocenters. The van der Waals surface area contributed by atoms with Crippen LogP contribution in [0.4, 0.5) is 0 Å². The van der Waals surface area contributed by atoms with Crippen LogP contribution in [0.15, 0.2) is 4.99 Å². The topological polar surface area (TPSA) is 51.2 Å². The SMILES string of the molecule is CCCCN(C)C(=NCCN1CCN(C(C)=O)CC1)NCC. The molecule has 1 rings (SSSR count). The number of amides is 1. The average molecular weight is 311 g/mol. The molecule has 128 valence electrons. The van der Waals surface area contributed by atoms with Crippen LogP contribution in [-0.4, -0.2) is 86.0 Å². The lowest BCUT2D eigenvalue weighted by Gasteiger charge is -2.33. The van der Waals surface area contributed by atoms with Crippen molar-refractivity contribution < 1.29 is 4.79 Å². The van der Waals surface area contributed by atoms with Crippen molar-refractivity contribution in [2.75, 3.05) is 59.4 Å². The van der Waals surface area contributed by atoms with Crippen LogP contribution in [-0.2, 0) is 4.79 Å². The molecular formula is C16H33N5O. The first-order valence-electron chi connectivity index (χ1n) is 8.55. The second-order valence-corrected chi connectivity index (χ2v) is 5.86. The van der Waals surface area contributed by atoms with Gasteiger partial charge in [-0.2, -0.15) is 0 Å². The molecule has 1 heterocycles. The summed E-state index contributed by atoms with van der Waals surface area (Å²) in [5.74, 6) is 1.18. The Kier molecular flexibility index (Phi) is 8.89. The standard InChI is InChI=1S/C16H33N5O/c1-5-7-9-19(4)16(17-6-2)18-8-10-20-11-13-21(14-12-20)15(3)22/h5-14H2,1-4H3,(H,17,18). The first kappa shape index (κ1) is 18.7. The Morgan fingerprint density at radius 3 is 2.45 bits per heavy atom. The van der Waals surface area contributed by atoms with E-state index in [0.717, 1.165) is 58.3 Å². The van der Waals surface area contributed by atoms with Crippen LogP contribution < -0.4 is 5.32 Å². The fourth-order valence-electron chi connectivity index (χ4n) is 2.55. The van der Waals surface area contributed by atoms with E-state index in [1.54, 1.807) is 6.92 Å². The van der Waals surface area contributed by atoms with Crippen LogP contribution in [0.3, 0.4) is 0 Å². The molecule has 0 bridgehead atoms. The van der Waals surface area contributed by atoms with Gasteiger partial charge in [-0.3, -0.25) is 14.7 Å². The van der Waals surface area contributed by atoms with Gasteiger partial charge in [-0.1, -0.05) is 13.3 Å². The minimum atomic E-state index is 0.185. The zero-order valence-electron chi connectivity index (χ0n) is 14.8. The highest BCUT2D eigenvalue weighted by molar-refractivity contribution is 5.79. The number of guanidine groups is 1. The maximum atomic E-state index is 11.3. The van der Waals surface area contributed by atoms with Gasteiger partial charge < -0.3 is 15.1 Å². The summed E-state index contributed by atoms with van der Waals surface area (Å²) in [6.07, 6.45) is 2.39. The van der Waals surface area contributed by atoms with Crippen molar-refractivity contribution in [3.05, 3.63) is 0 Å². The number of nitrogens with zero attached hydrogens (tertiary/aromatic N) is 4. The van der Waals surface area contributed by atoms with E-state index in [1.165, 1.54) is 12.8 Å². The maximum Gasteiger partial charge on any atom is 0.219 e. The second-order valence-electron chi connectivity index (χ2n) is 5.86.